The van der Waals surface area contributed by atoms with Crippen LogP contribution >= 0.6 is 0 Å². The highest BCUT2D eigenvalue weighted by Crippen LogP contribution is 2.24. The zero-order valence-electron chi connectivity index (χ0n) is 11.8. The molecule has 0 bridgehead atoms. The second kappa shape index (κ2) is 6.85. The van der Waals surface area contributed by atoms with Crippen LogP contribution in [0, 0.1) is 16.0 Å². The summed E-state index contributed by atoms with van der Waals surface area (Å²) in [4.78, 5) is 22.2. The molecule has 0 fully saturated rings. The molecule has 7 heteroatoms. The molecule has 4 N–H and O–H groups in total. The molecule has 0 heterocycles. The van der Waals surface area contributed by atoms with Gasteiger partial charge in [0.15, 0.2) is 0 Å². The summed E-state index contributed by atoms with van der Waals surface area (Å²) < 4.78 is 0. The molecule has 1 atom stereocenters. The van der Waals surface area contributed by atoms with Crippen molar-refractivity contribution in [3.63, 3.8) is 0 Å². The maximum absolute atomic E-state index is 12.0. The lowest BCUT2D eigenvalue weighted by Crippen LogP contribution is -2.33. The van der Waals surface area contributed by atoms with E-state index in [4.69, 9.17) is 5.84 Å². The van der Waals surface area contributed by atoms with Crippen LogP contribution in [0.15, 0.2) is 18.2 Å². The molecule has 7 nitrogen and oxygen atoms in total. The van der Waals surface area contributed by atoms with Gasteiger partial charge >= 0.3 is 0 Å². The predicted molar refractivity (Wildman–Crippen MR) is 77.3 cm³/mol. The van der Waals surface area contributed by atoms with Crippen LogP contribution in [0.1, 0.15) is 37.6 Å². The SMILES string of the molecule is CC(C)CC(C)NC(=O)c1ccc([N+](=O)[O-])c(NN)c1. The largest absolute Gasteiger partial charge is 0.350 e. The van der Waals surface area contributed by atoms with Crippen molar-refractivity contribution in [2.75, 3.05) is 5.43 Å². The third-order valence-electron chi connectivity index (χ3n) is 2.81. The predicted octanol–water partition coefficient (Wildman–Crippen LogP) is 2.04. The van der Waals surface area contributed by atoms with Crippen LogP contribution in [0.25, 0.3) is 0 Å². The van der Waals surface area contributed by atoms with Crippen molar-refractivity contribution in [3.8, 4) is 0 Å². The van der Waals surface area contributed by atoms with E-state index in [-0.39, 0.29) is 23.3 Å². The molecule has 1 unspecified atom stereocenters. The number of nitrogen functional groups attached to an aromatic ring is 1. The van der Waals surface area contributed by atoms with Crippen molar-refractivity contribution >= 4 is 17.3 Å². The Morgan fingerprint density at radius 3 is 2.55 bits per heavy atom. The molecule has 110 valence electrons. The van der Waals surface area contributed by atoms with Gasteiger partial charge in [0.25, 0.3) is 11.6 Å². The highest BCUT2D eigenvalue weighted by Gasteiger charge is 2.17. The molecule has 0 saturated heterocycles. The first-order valence-electron chi connectivity index (χ1n) is 6.41. The number of nitro groups is 1. The maximum atomic E-state index is 12.0. The summed E-state index contributed by atoms with van der Waals surface area (Å²) in [5, 5.41) is 13.6. The van der Waals surface area contributed by atoms with Crippen molar-refractivity contribution in [3.05, 3.63) is 33.9 Å². The maximum Gasteiger partial charge on any atom is 0.293 e. The Hall–Kier alpha value is -2.15. The van der Waals surface area contributed by atoms with E-state index in [1.807, 2.05) is 6.92 Å². The van der Waals surface area contributed by atoms with E-state index in [1.165, 1.54) is 18.2 Å². The minimum Gasteiger partial charge on any atom is -0.350 e. The highest BCUT2D eigenvalue weighted by molar-refractivity contribution is 5.96. The van der Waals surface area contributed by atoms with Crippen LogP contribution in [0.2, 0.25) is 0 Å². The molecule has 1 amide bonds. The minimum atomic E-state index is -0.557. The fourth-order valence-electron chi connectivity index (χ4n) is 2.03. The van der Waals surface area contributed by atoms with Crippen LogP contribution < -0.4 is 16.6 Å². The van der Waals surface area contributed by atoms with Gasteiger partial charge in [0.2, 0.25) is 0 Å². The fourth-order valence-corrected chi connectivity index (χ4v) is 2.03. The topological polar surface area (TPSA) is 110 Å². The number of carbonyl (C=O) groups excluding carboxylic acids is 1. The highest BCUT2D eigenvalue weighted by atomic mass is 16.6. The lowest BCUT2D eigenvalue weighted by Gasteiger charge is -2.16. The number of amides is 1. The third-order valence-corrected chi connectivity index (χ3v) is 2.81. The normalized spacial score (nSPS) is 12.1. The molecular weight excluding hydrogens is 260 g/mol. The van der Waals surface area contributed by atoms with Gasteiger partial charge in [-0.1, -0.05) is 13.8 Å². The standard InChI is InChI=1S/C13H20N4O3/c1-8(2)6-9(3)15-13(18)10-4-5-12(17(19)20)11(7-10)16-14/h4-5,7-9,16H,6,14H2,1-3H3,(H,15,18). The quantitative estimate of drug-likeness (QED) is 0.419. The lowest BCUT2D eigenvalue weighted by atomic mass is 10.0. The monoisotopic (exact) mass is 280 g/mol. The van der Waals surface area contributed by atoms with Gasteiger partial charge in [-0.15, -0.1) is 0 Å². The van der Waals surface area contributed by atoms with Gasteiger partial charge in [0.1, 0.15) is 5.69 Å². The first-order valence-corrected chi connectivity index (χ1v) is 6.41. The van der Waals surface area contributed by atoms with Crippen LogP contribution in [0.4, 0.5) is 11.4 Å². The number of benzene rings is 1. The number of hydrogen-bond donors (Lipinski definition) is 3. The van der Waals surface area contributed by atoms with Crippen LogP contribution in [0.5, 0.6) is 0 Å². The average molecular weight is 280 g/mol. The van der Waals surface area contributed by atoms with Crippen molar-refractivity contribution < 1.29 is 9.72 Å². The number of anilines is 1. The second-order valence-electron chi connectivity index (χ2n) is 5.14. The Kier molecular flexibility index (Phi) is 5.45. The van der Waals surface area contributed by atoms with E-state index in [2.05, 4.69) is 24.6 Å². The Morgan fingerprint density at radius 1 is 1.40 bits per heavy atom. The molecule has 0 aliphatic rings. The van der Waals surface area contributed by atoms with E-state index < -0.39 is 4.92 Å². The van der Waals surface area contributed by atoms with Gasteiger partial charge in [0.05, 0.1) is 4.92 Å². The summed E-state index contributed by atoms with van der Waals surface area (Å²) in [5.74, 6) is 5.44. The lowest BCUT2D eigenvalue weighted by molar-refractivity contribution is -0.384. The Morgan fingerprint density at radius 2 is 2.05 bits per heavy atom. The molecule has 0 spiro atoms. The van der Waals surface area contributed by atoms with Crippen molar-refractivity contribution in [2.45, 2.75) is 33.2 Å². The fraction of sp³-hybridized carbons (Fsp3) is 0.462. The van der Waals surface area contributed by atoms with Gasteiger partial charge in [-0.25, -0.2) is 0 Å². The van der Waals surface area contributed by atoms with E-state index >= 15 is 0 Å². The summed E-state index contributed by atoms with van der Waals surface area (Å²) in [6, 6.07) is 4.08. The van der Waals surface area contributed by atoms with Crippen LogP contribution in [0.3, 0.4) is 0 Å². The van der Waals surface area contributed by atoms with Gasteiger partial charge in [0, 0.05) is 17.7 Å². The number of nitro benzene ring substituents is 1. The Bertz CT molecular complexity index is 502. The van der Waals surface area contributed by atoms with Crippen molar-refractivity contribution in [2.24, 2.45) is 11.8 Å². The number of rotatable bonds is 6. The Labute approximate surface area is 117 Å². The molecule has 0 saturated carbocycles. The summed E-state index contributed by atoms with van der Waals surface area (Å²) in [6.07, 6.45) is 0.862. The molecule has 0 aromatic heterocycles. The molecule has 1 aromatic carbocycles. The van der Waals surface area contributed by atoms with Crippen LogP contribution in [-0.2, 0) is 0 Å². The number of hydrogen-bond acceptors (Lipinski definition) is 5. The summed E-state index contributed by atoms with van der Waals surface area (Å²) >= 11 is 0. The molecule has 20 heavy (non-hydrogen) atoms. The summed E-state index contributed by atoms with van der Waals surface area (Å²) in [6.45, 7) is 6.07. The zero-order chi connectivity index (χ0) is 15.3. The Balaban J connectivity index is 2.86. The van der Waals surface area contributed by atoms with Gasteiger partial charge in [-0.2, -0.15) is 0 Å². The van der Waals surface area contributed by atoms with Gasteiger partial charge in [-0.05, 0) is 31.4 Å². The van der Waals surface area contributed by atoms with Gasteiger partial charge in [-0.3, -0.25) is 20.8 Å². The average Bonchev–Trinajstić information content (AvgIpc) is 2.36. The minimum absolute atomic E-state index is 0.0342. The first-order chi connectivity index (χ1) is 9.35. The number of nitrogens with two attached hydrogens (primary N) is 1. The molecule has 1 rings (SSSR count). The van der Waals surface area contributed by atoms with E-state index in [0.717, 1.165) is 6.42 Å². The van der Waals surface area contributed by atoms with Crippen molar-refractivity contribution in [1.29, 1.82) is 0 Å². The van der Waals surface area contributed by atoms with Crippen LogP contribution in [-0.4, -0.2) is 16.9 Å². The molecule has 1 aromatic rings. The smallest absolute Gasteiger partial charge is 0.293 e. The summed E-state index contributed by atoms with van der Waals surface area (Å²) in [7, 11) is 0. The second-order valence-corrected chi connectivity index (χ2v) is 5.14. The van der Waals surface area contributed by atoms with E-state index in [9.17, 15) is 14.9 Å². The summed E-state index contributed by atoms with van der Waals surface area (Å²) in [5.41, 5.74) is 2.51. The van der Waals surface area contributed by atoms with E-state index in [0.29, 0.717) is 11.5 Å². The number of nitrogens with zero attached hydrogens (tertiary/aromatic N) is 1. The van der Waals surface area contributed by atoms with E-state index in [1.54, 1.807) is 0 Å². The number of carbonyl (C=O) groups is 1. The van der Waals surface area contributed by atoms with Crippen molar-refractivity contribution in [1.82, 2.24) is 5.32 Å². The molecule has 0 aliphatic heterocycles. The zero-order valence-corrected chi connectivity index (χ0v) is 11.8. The van der Waals surface area contributed by atoms with Gasteiger partial charge < -0.3 is 10.7 Å². The molecule has 0 radical (unpaired) electrons. The molecular formula is C13H20N4O3. The molecule has 0 aliphatic carbocycles. The number of nitrogens with one attached hydrogen (secondary N) is 2. The third kappa shape index (κ3) is 4.20. The number of hydrazine groups is 1. The first kappa shape index (κ1) is 15.9.